The maximum atomic E-state index is 13.5. The first-order valence-electron chi connectivity index (χ1n) is 7.69. The zero-order valence-electron chi connectivity index (χ0n) is 13.7. The molecule has 0 radical (unpaired) electrons. The van der Waals surface area contributed by atoms with E-state index in [0.717, 1.165) is 11.6 Å². The molecule has 2 aromatic rings. The van der Waals surface area contributed by atoms with Crippen LogP contribution in [0.4, 0.5) is 13.2 Å². The molecule has 5 nitrogen and oxygen atoms in total. The third-order valence-electron chi connectivity index (χ3n) is 4.11. The van der Waals surface area contributed by atoms with Crippen LogP contribution in [-0.2, 0) is 0 Å². The molecule has 136 valence electrons. The number of nitrogens with zero attached hydrogens (tertiary/aromatic N) is 2. The van der Waals surface area contributed by atoms with E-state index in [2.05, 4.69) is 5.10 Å². The van der Waals surface area contributed by atoms with E-state index >= 15 is 0 Å². The molecule has 0 spiro atoms. The number of hydrazone groups is 1. The van der Waals surface area contributed by atoms with Crippen molar-refractivity contribution in [3.05, 3.63) is 65.2 Å². The van der Waals surface area contributed by atoms with E-state index in [0.29, 0.717) is 5.56 Å². The van der Waals surface area contributed by atoms with Crippen LogP contribution >= 0.6 is 0 Å². The van der Waals surface area contributed by atoms with Crippen LogP contribution in [0.5, 0.6) is 5.75 Å². The first-order valence-corrected chi connectivity index (χ1v) is 7.69. The van der Waals surface area contributed by atoms with E-state index in [9.17, 15) is 28.2 Å². The molecule has 2 N–H and O–H groups in total. The average molecular weight is 364 g/mol. The summed E-state index contributed by atoms with van der Waals surface area (Å²) in [7, 11) is 0. The van der Waals surface area contributed by atoms with Gasteiger partial charge >= 0.3 is 6.18 Å². The highest BCUT2D eigenvalue weighted by molar-refractivity contribution is 6.05. The average Bonchev–Trinajstić information content (AvgIpc) is 2.94. The Morgan fingerprint density at radius 1 is 1.19 bits per heavy atom. The summed E-state index contributed by atoms with van der Waals surface area (Å²) in [4.78, 5) is 12.5. The fourth-order valence-electron chi connectivity index (χ4n) is 2.65. The highest BCUT2D eigenvalue weighted by atomic mass is 19.4. The SMILES string of the molecule is Cc1ccc(C2=NN(C(=O)c3cccc(O)c3)[C@@](O)(C(F)(F)F)C2)cc1. The van der Waals surface area contributed by atoms with Gasteiger partial charge in [-0.05, 0) is 30.7 Å². The zero-order valence-corrected chi connectivity index (χ0v) is 13.7. The highest BCUT2D eigenvalue weighted by Crippen LogP contribution is 2.42. The number of rotatable bonds is 2. The number of hydrogen-bond acceptors (Lipinski definition) is 4. The fraction of sp³-hybridized carbons (Fsp3) is 0.222. The number of carbonyl (C=O) groups is 1. The van der Waals surface area contributed by atoms with Crippen molar-refractivity contribution in [3.8, 4) is 5.75 Å². The number of amides is 1. The lowest BCUT2D eigenvalue weighted by atomic mass is 10.00. The minimum absolute atomic E-state index is 0.0387. The second-order valence-electron chi connectivity index (χ2n) is 6.07. The van der Waals surface area contributed by atoms with Gasteiger partial charge in [-0.2, -0.15) is 23.3 Å². The standard InChI is InChI=1S/C18H15F3N2O3/c1-11-5-7-12(8-6-11)15-10-17(26,18(19,20)21)23(22-15)16(25)13-3-2-4-14(24)9-13/h2-9,24,26H,10H2,1H3/t17-/m0/s1. The third kappa shape index (κ3) is 3.03. The second-order valence-corrected chi connectivity index (χ2v) is 6.07. The van der Waals surface area contributed by atoms with Crippen LogP contribution in [-0.4, -0.2) is 38.7 Å². The molecule has 1 heterocycles. The highest BCUT2D eigenvalue weighted by Gasteiger charge is 2.63. The van der Waals surface area contributed by atoms with Gasteiger partial charge in [0.05, 0.1) is 12.1 Å². The summed E-state index contributed by atoms with van der Waals surface area (Å²) in [5, 5.41) is 23.5. The molecule has 8 heteroatoms. The normalized spacial score (nSPS) is 20.2. The van der Waals surface area contributed by atoms with E-state index in [1.807, 2.05) is 6.92 Å². The number of alkyl halides is 3. The van der Waals surface area contributed by atoms with Gasteiger partial charge in [-0.25, -0.2) is 0 Å². The molecule has 0 saturated carbocycles. The molecule has 0 bridgehead atoms. The van der Waals surface area contributed by atoms with E-state index in [-0.39, 0.29) is 22.0 Å². The topological polar surface area (TPSA) is 73.1 Å². The number of carbonyl (C=O) groups excluding carboxylic acids is 1. The monoisotopic (exact) mass is 364 g/mol. The molecule has 1 aliphatic rings. The molecule has 1 aliphatic heterocycles. The summed E-state index contributed by atoms with van der Waals surface area (Å²) in [6, 6.07) is 11.4. The van der Waals surface area contributed by atoms with Crippen molar-refractivity contribution in [2.75, 3.05) is 0 Å². The molecule has 0 saturated heterocycles. The molecular formula is C18H15F3N2O3. The Balaban J connectivity index is 2.05. The molecule has 0 aromatic heterocycles. The van der Waals surface area contributed by atoms with Crippen molar-refractivity contribution >= 4 is 11.6 Å². The van der Waals surface area contributed by atoms with Crippen molar-refractivity contribution in [1.29, 1.82) is 0 Å². The van der Waals surface area contributed by atoms with Crippen molar-refractivity contribution in [3.63, 3.8) is 0 Å². The molecule has 3 rings (SSSR count). The number of hydrogen-bond donors (Lipinski definition) is 2. The number of aliphatic hydroxyl groups is 1. The van der Waals surface area contributed by atoms with Crippen LogP contribution < -0.4 is 0 Å². The van der Waals surface area contributed by atoms with Crippen molar-refractivity contribution < 1.29 is 28.2 Å². The Bertz CT molecular complexity index is 878. The fourth-order valence-corrected chi connectivity index (χ4v) is 2.65. The number of benzene rings is 2. The summed E-state index contributed by atoms with van der Waals surface area (Å²) in [6.45, 7) is 1.82. The van der Waals surface area contributed by atoms with Crippen molar-refractivity contribution in [2.45, 2.75) is 25.2 Å². The molecule has 26 heavy (non-hydrogen) atoms. The third-order valence-corrected chi connectivity index (χ3v) is 4.11. The smallest absolute Gasteiger partial charge is 0.438 e. The lowest BCUT2D eigenvalue weighted by molar-refractivity contribution is -0.297. The molecule has 0 aliphatic carbocycles. The van der Waals surface area contributed by atoms with Gasteiger partial charge in [0.1, 0.15) is 5.75 Å². The van der Waals surface area contributed by atoms with Crippen molar-refractivity contribution in [1.82, 2.24) is 5.01 Å². The Kier molecular flexibility index (Phi) is 4.23. The van der Waals surface area contributed by atoms with Crippen LogP contribution in [0.3, 0.4) is 0 Å². The minimum atomic E-state index is -5.12. The van der Waals surface area contributed by atoms with E-state index in [1.54, 1.807) is 24.3 Å². The van der Waals surface area contributed by atoms with Gasteiger partial charge in [-0.1, -0.05) is 35.9 Å². The lowest BCUT2D eigenvalue weighted by Crippen LogP contribution is -2.56. The second kappa shape index (κ2) is 6.14. The summed E-state index contributed by atoms with van der Waals surface area (Å²) in [6.07, 6.45) is -6.00. The van der Waals surface area contributed by atoms with Crippen LogP contribution in [0.25, 0.3) is 0 Å². The van der Waals surface area contributed by atoms with Gasteiger partial charge in [-0.15, -0.1) is 0 Å². The Morgan fingerprint density at radius 2 is 1.85 bits per heavy atom. The maximum absolute atomic E-state index is 13.5. The first kappa shape index (κ1) is 17.9. The van der Waals surface area contributed by atoms with Crippen molar-refractivity contribution in [2.24, 2.45) is 5.10 Å². The van der Waals surface area contributed by atoms with Crippen LogP contribution in [0.15, 0.2) is 53.6 Å². The summed E-state index contributed by atoms with van der Waals surface area (Å²) >= 11 is 0. The van der Waals surface area contributed by atoms with E-state index in [4.69, 9.17) is 0 Å². The number of phenolic OH excluding ortho intramolecular Hbond substituents is 1. The van der Waals surface area contributed by atoms with Crippen LogP contribution in [0.2, 0.25) is 0 Å². The van der Waals surface area contributed by atoms with E-state index < -0.39 is 24.2 Å². The van der Waals surface area contributed by atoms with E-state index in [1.165, 1.54) is 18.2 Å². The van der Waals surface area contributed by atoms with Gasteiger partial charge in [-0.3, -0.25) is 4.79 Å². The number of aromatic hydroxyl groups is 1. The number of aryl methyl sites for hydroxylation is 1. The Labute approximate surface area is 147 Å². The summed E-state index contributed by atoms with van der Waals surface area (Å²) < 4.78 is 40.6. The first-order chi connectivity index (χ1) is 12.1. The molecule has 0 fully saturated rings. The molecule has 1 atom stereocenters. The predicted molar refractivity (Wildman–Crippen MR) is 87.6 cm³/mol. The van der Waals surface area contributed by atoms with Gasteiger partial charge in [0.15, 0.2) is 0 Å². The Morgan fingerprint density at radius 3 is 2.42 bits per heavy atom. The van der Waals surface area contributed by atoms with Gasteiger partial charge in [0.25, 0.3) is 11.6 Å². The van der Waals surface area contributed by atoms with Gasteiger partial charge in [0.2, 0.25) is 0 Å². The number of halogens is 3. The van der Waals surface area contributed by atoms with Crippen LogP contribution in [0, 0.1) is 6.92 Å². The molecule has 2 aromatic carbocycles. The molecule has 0 unspecified atom stereocenters. The van der Waals surface area contributed by atoms with Gasteiger partial charge in [0, 0.05) is 5.56 Å². The largest absolute Gasteiger partial charge is 0.508 e. The predicted octanol–water partition coefficient (Wildman–Crippen LogP) is 3.20. The summed E-state index contributed by atoms with van der Waals surface area (Å²) in [5.74, 6) is -1.45. The maximum Gasteiger partial charge on any atom is 0.438 e. The van der Waals surface area contributed by atoms with Crippen LogP contribution in [0.1, 0.15) is 27.9 Å². The lowest BCUT2D eigenvalue weighted by Gasteiger charge is -2.32. The summed E-state index contributed by atoms with van der Waals surface area (Å²) in [5.41, 5.74) is -2.45. The minimum Gasteiger partial charge on any atom is -0.508 e. The number of phenols is 1. The Hall–Kier alpha value is -2.87. The molecular weight excluding hydrogens is 349 g/mol. The van der Waals surface area contributed by atoms with Gasteiger partial charge < -0.3 is 10.2 Å². The quantitative estimate of drug-likeness (QED) is 0.860. The molecule has 1 amide bonds. The zero-order chi connectivity index (χ0) is 19.1.